The van der Waals surface area contributed by atoms with Gasteiger partial charge in [0.05, 0.1) is 11.0 Å². The van der Waals surface area contributed by atoms with Crippen molar-refractivity contribution in [1.29, 1.82) is 0 Å². The van der Waals surface area contributed by atoms with E-state index < -0.39 is 0 Å². The first-order valence-corrected chi connectivity index (χ1v) is 11.3. The molecule has 3 fully saturated rings. The van der Waals surface area contributed by atoms with Gasteiger partial charge in [-0.05, 0) is 70.1 Å². The molecule has 3 saturated heterocycles. The van der Waals surface area contributed by atoms with Crippen molar-refractivity contribution in [3.05, 3.63) is 29.6 Å². The molecule has 2 amide bonds. The van der Waals surface area contributed by atoms with Gasteiger partial charge < -0.3 is 19.9 Å². The molecular formula is C23H30N4O3. The highest BCUT2D eigenvalue weighted by atomic mass is 16.5. The van der Waals surface area contributed by atoms with Crippen LogP contribution in [0.5, 0.6) is 0 Å². The average Bonchev–Trinajstić information content (AvgIpc) is 3.12. The summed E-state index contributed by atoms with van der Waals surface area (Å²) >= 11 is 0. The van der Waals surface area contributed by atoms with E-state index in [1.807, 2.05) is 25.1 Å². The minimum Gasteiger partial charge on any atom is -0.381 e. The van der Waals surface area contributed by atoms with E-state index in [9.17, 15) is 9.59 Å². The summed E-state index contributed by atoms with van der Waals surface area (Å²) in [6.07, 6.45) is 6.62. The van der Waals surface area contributed by atoms with E-state index in [4.69, 9.17) is 4.74 Å². The lowest BCUT2D eigenvalue weighted by atomic mass is 9.80. The summed E-state index contributed by atoms with van der Waals surface area (Å²) in [6.45, 7) is 3.30. The number of hydrogen-bond donors (Lipinski definition) is 2. The van der Waals surface area contributed by atoms with Crippen LogP contribution in [-0.4, -0.2) is 58.0 Å². The van der Waals surface area contributed by atoms with Gasteiger partial charge in [-0.1, -0.05) is 0 Å². The van der Waals surface area contributed by atoms with E-state index in [0.717, 1.165) is 55.4 Å². The Kier molecular flexibility index (Phi) is 5.23. The molecule has 30 heavy (non-hydrogen) atoms. The molecule has 0 spiro atoms. The topological polar surface area (TPSA) is 87.3 Å². The fraction of sp³-hybridized carbons (Fsp3) is 0.609. The number of carbonyl (C=O) groups is 2. The van der Waals surface area contributed by atoms with Crippen LogP contribution in [0.3, 0.4) is 0 Å². The number of aromatic nitrogens is 2. The summed E-state index contributed by atoms with van der Waals surface area (Å²) in [6, 6.07) is 6.20. The quantitative estimate of drug-likeness (QED) is 0.814. The lowest BCUT2D eigenvalue weighted by molar-refractivity contribution is -0.148. The van der Waals surface area contributed by atoms with Gasteiger partial charge in [0.1, 0.15) is 5.82 Å². The van der Waals surface area contributed by atoms with Crippen molar-refractivity contribution in [3.8, 4) is 0 Å². The number of nitrogens with zero attached hydrogens (tertiary/aromatic N) is 2. The first-order chi connectivity index (χ1) is 14.6. The van der Waals surface area contributed by atoms with Gasteiger partial charge in [0.15, 0.2) is 0 Å². The second-order valence-corrected chi connectivity index (χ2v) is 9.07. The highest BCUT2D eigenvalue weighted by Gasteiger charge is 2.43. The minimum atomic E-state index is -0.0450. The summed E-state index contributed by atoms with van der Waals surface area (Å²) in [5.74, 6) is 1.23. The number of H-pyrrole nitrogens is 1. The fourth-order valence-electron chi connectivity index (χ4n) is 5.56. The Morgan fingerprint density at radius 3 is 2.60 bits per heavy atom. The van der Waals surface area contributed by atoms with E-state index in [1.165, 1.54) is 6.42 Å². The van der Waals surface area contributed by atoms with Gasteiger partial charge in [0.2, 0.25) is 5.91 Å². The molecule has 7 heteroatoms. The molecule has 4 heterocycles. The van der Waals surface area contributed by atoms with Gasteiger partial charge in [0, 0.05) is 42.8 Å². The number of aryl methyl sites for hydroxylation is 1. The number of imidazole rings is 1. The number of rotatable bonds is 3. The molecule has 160 valence electrons. The third-order valence-corrected chi connectivity index (χ3v) is 7.00. The highest BCUT2D eigenvalue weighted by Crippen LogP contribution is 2.36. The molecule has 3 aliphatic rings. The predicted molar refractivity (Wildman–Crippen MR) is 113 cm³/mol. The molecule has 1 unspecified atom stereocenters. The summed E-state index contributed by atoms with van der Waals surface area (Å²) in [5.41, 5.74) is 2.41. The van der Waals surface area contributed by atoms with Crippen molar-refractivity contribution >= 4 is 22.8 Å². The second-order valence-electron chi connectivity index (χ2n) is 9.07. The van der Waals surface area contributed by atoms with E-state index in [0.29, 0.717) is 24.7 Å². The van der Waals surface area contributed by atoms with Gasteiger partial charge in [-0.3, -0.25) is 9.59 Å². The van der Waals surface area contributed by atoms with Crippen molar-refractivity contribution in [3.63, 3.8) is 0 Å². The maximum atomic E-state index is 13.2. The zero-order chi connectivity index (χ0) is 20.7. The molecule has 3 aliphatic heterocycles. The molecule has 2 aromatic rings. The molecule has 0 aliphatic carbocycles. The van der Waals surface area contributed by atoms with Crippen LogP contribution in [0.2, 0.25) is 0 Å². The largest absolute Gasteiger partial charge is 0.381 e. The molecule has 2 bridgehead atoms. The van der Waals surface area contributed by atoms with Crippen molar-refractivity contribution in [2.45, 2.75) is 70.0 Å². The fourth-order valence-corrected chi connectivity index (χ4v) is 5.56. The van der Waals surface area contributed by atoms with Crippen molar-refractivity contribution in [2.24, 2.45) is 5.92 Å². The van der Waals surface area contributed by atoms with E-state index in [-0.39, 0.29) is 30.0 Å². The predicted octanol–water partition coefficient (Wildman–Crippen LogP) is 2.94. The highest BCUT2D eigenvalue weighted by molar-refractivity contribution is 5.97. The van der Waals surface area contributed by atoms with E-state index in [2.05, 4.69) is 20.2 Å². The van der Waals surface area contributed by atoms with Crippen LogP contribution in [0.25, 0.3) is 11.0 Å². The molecular weight excluding hydrogens is 380 g/mol. The standard InChI is InChI=1S/C23H30N4O3/c1-14-24-20-6-5-16(11-21(20)25-14)22(28)26-17-12-18-3-2-4-19(13-17)27(18)23(29)15-7-9-30-10-8-15/h5-6,11,15,17-19H,2-4,7-10,12-13H2,1H3,(H,24,25)(H,26,28)/t17?,18-,19+. The Morgan fingerprint density at radius 2 is 1.87 bits per heavy atom. The van der Waals surface area contributed by atoms with Crippen LogP contribution >= 0.6 is 0 Å². The van der Waals surface area contributed by atoms with Gasteiger partial charge in [-0.25, -0.2) is 4.98 Å². The lowest BCUT2D eigenvalue weighted by Crippen LogP contribution is -2.60. The number of aromatic amines is 1. The van der Waals surface area contributed by atoms with Crippen LogP contribution in [-0.2, 0) is 9.53 Å². The van der Waals surface area contributed by atoms with Crippen LogP contribution in [0.4, 0.5) is 0 Å². The Balaban J connectivity index is 1.26. The first-order valence-electron chi connectivity index (χ1n) is 11.3. The smallest absolute Gasteiger partial charge is 0.251 e. The number of carbonyl (C=O) groups excluding carboxylic acids is 2. The van der Waals surface area contributed by atoms with Gasteiger partial charge >= 0.3 is 0 Å². The van der Waals surface area contributed by atoms with Crippen LogP contribution in [0.15, 0.2) is 18.2 Å². The van der Waals surface area contributed by atoms with E-state index >= 15 is 0 Å². The molecule has 3 atom stereocenters. The number of benzene rings is 1. The van der Waals surface area contributed by atoms with Crippen LogP contribution < -0.4 is 5.32 Å². The van der Waals surface area contributed by atoms with Crippen LogP contribution in [0, 0.1) is 12.8 Å². The zero-order valence-corrected chi connectivity index (χ0v) is 17.5. The number of nitrogens with one attached hydrogen (secondary N) is 2. The summed E-state index contributed by atoms with van der Waals surface area (Å²) in [4.78, 5) is 35.9. The Bertz CT molecular complexity index is 935. The van der Waals surface area contributed by atoms with Crippen molar-refractivity contribution < 1.29 is 14.3 Å². The summed E-state index contributed by atoms with van der Waals surface area (Å²) < 4.78 is 5.44. The molecule has 5 rings (SSSR count). The second kappa shape index (κ2) is 8.02. The third-order valence-electron chi connectivity index (χ3n) is 7.00. The normalized spacial score (nSPS) is 27.2. The van der Waals surface area contributed by atoms with Gasteiger partial charge in [0.25, 0.3) is 5.91 Å². The number of amides is 2. The molecule has 7 nitrogen and oxygen atoms in total. The van der Waals surface area contributed by atoms with E-state index in [1.54, 1.807) is 0 Å². The summed E-state index contributed by atoms with van der Waals surface area (Å²) in [7, 11) is 0. The maximum absolute atomic E-state index is 13.2. The Morgan fingerprint density at radius 1 is 1.13 bits per heavy atom. The van der Waals surface area contributed by atoms with Crippen molar-refractivity contribution in [2.75, 3.05) is 13.2 Å². The molecule has 1 aromatic carbocycles. The van der Waals surface area contributed by atoms with Gasteiger partial charge in [-0.2, -0.15) is 0 Å². The first kappa shape index (κ1) is 19.5. The lowest BCUT2D eigenvalue weighted by Gasteiger charge is -2.50. The van der Waals surface area contributed by atoms with Crippen LogP contribution in [0.1, 0.15) is 61.1 Å². The number of piperidine rings is 2. The minimum absolute atomic E-state index is 0.0450. The third kappa shape index (κ3) is 3.71. The molecule has 0 radical (unpaired) electrons. The Hall–Kier alpha value is -2.41. The molecule has 1 aromatic heterocycles. The van der Waals surface area contributed by atoms with Gasteiger partial charge in [-0.15, -0.1) is 0 Å². The molecule has 2 N–H and O–H groups in total. The maximum Gasteiger partial charge on any atom is 0.251 e. The Labute approximate surface area is 176 Å². The average molecular weight is 411 g/mol. The SMILES string of the molecule is Cc1nc2ccc(C(=O)NC3C[C@H]4CCC[C@@H](C3)N4C(=O)C3CCOCC3)cc2[nH]1. The number of fused-ring (bicyclic) bond motifs is 3. The van der Waals surface area contributed by atoms with Crippen molar-refractivity contribution in [1.82, 2.24) is 20.2 Å². The zero-order valence-electron chi connectivity index (χ0n) is 17.5. The molecule has 0 saturated carbocycles. The summed E-state index contributed by atoms with van der Waals surface area (Å²) in [5, 5.41) is 3.24. The number of ether oxygens (including phenoxy) is 1. The monoisotopic (exact) mass is 410 g/mol. The number of hydrogen-bond acceptors (Lipinski definition) is 4.